The first-order valence-corrected chi connectivity index (χ1v) is 9.66. The molecular formula is C22H24N4O3. The number of hydrogen-bond donors (Lipinski definition) is 2. The molecule has 4 rings (SSSR count). The zero-order valence-electron chi connectivity index (χ0n) is 16.5. The molecule has 0 saturated carbocycles. The number of fused-ring (bicyclic) bond motifs is 1. The van der Waals surface area contributed by atoms with Gasteiger partial charge >= 0.3 is 0 Å². The van der Waals surface area contributed by atoms with Crippen molar-refractivity contribution in [3.8, 4) is 22.8 Å². The van der Waals surface area contributed by atoms with E-state index >= 15 is 0 Å². The van der Waals surface area contributed by atoms with E-state index in [9.17, 15) is 4.79 Å². The number of ether oxygens (including phenoxy) is 2. The van der Waals surface area contributed by atoms with Crippen molar-refractivity contribution >= 4 is 5.91 Å². The highest BCUT2D eigenvalue weighted by Gasteiger charge is 2.27. The van der Waals surface area contributed by atoms with Crippen LogP contribution in [0.3, 0.4) is 0 Å². The van der Waals surface area contributed by atoms with E-state index in [2.05, 4.69) is 10.6 Å². The van der Waals surface area contributed by atoms with Gasteiger partial charge in [0.2, 0.25) is 0 Å². The number of aromatic nitrogens is 2. The Labute approximate surface area is 169 Å². The zero-order chi connectivity index (χ0) is 20.2. The molecule has 0 saturated heterocycles. The Bertz CT molecular complexity index is 1010. The van der Waals surface area contributed by atoms with E-state index in [0.717, 1.165) is 28.3 Å². The molecule has 3 aromatic rings. The quantitative estimate of drug-likeness (QED) is 0.646. The van der Waals surface area contributed by atoms with E-state index in [1.807, 2.05) is 61.5 Å². The van der Waals surface area contributed by atoms with Crippen molar-refractivity contribution in [1.29, 1.82) is 0 Å². The monoisotopic (exact) mass is 392 g/mol. The van der Waals surface area contributed by atoms with Gasteiger partial charge in [-0.2, -0.15) is 5.10 Å². The summed E-state index contributed by atoms with van der Waals surface area (Å²) < 4.78 is 12.8. The summed E-state index contributed by atoms with van der Waals surface area (Å²) in [5, 5.41) is 11.1. The maximum atomic E-state index is 12.4. The van der Waals surface area contributed by atoms with Crippen molar-refractivity contribution in [2.75, 3.05) is 20.3 Å². The normalized spacial score (nSPS) is 15.5. The van der Waals surface area contributed by atoms with Crippen molar-refractivity contribution in [2.24, 2.45) is 0 Å². The highest BCUT2D eigenvalue weighted by molar-refractivity contribution is 5.94. The number of rotatable bonds is 7. The third-order valence-electron chi connectivity index (χ3n) is 4.89. The molecule has 0 unspecified atom stereocenters. The molecule has 29 heavy (non-hydrogen) atoms. The zero-order valence-corrected chi connectivity index (χ0v) is 16.5. The Kier molecular flexibility index (Phi) is 5.48. The molecule has 0 spiro atoms. The molecule has 2 aromatic carbocycles. The fraction of sp³-hybridized carbons (Fsp3) is 0.273. The molecular weight excluding hydrogens is 368 g/mol. The van der Waals surface area contributed by atoms with Crippen LogP contribution in [0.5, 0.6) is 11.5 Å². The first-order valence-electron chi connectivity index (χ1n) is 9.66. The molecule has 150 valence electrons. The van der Waals surface area contributed by atoms with Gasteiger partial charge in [0.1, 0.15) is 23.4 Å². The van der Waals surface area contributed by atoms with Crippen LogP contribution < -0.4 is 20.1 Å². The summed E-state index contributed by atoms with van der Waals surface area (Å²) in [6, 6.07) is 17.4. The minimum atomic E-state index is -0.156. The van der Waals surface area contributed by atoms with Crippen molar-refractivity contribution in [2.45, 2.75) is 19.6 Å². The van der Waals surface area contributed by atoms with Crippen molar-refractivity contribution in [3.05, 3.63) is 65.9 Å². The smallest absolute Gasteiger partial charge is 0.269 e. The largest absolute Gasteiger partial charge is 0.497 e. The summed E-state index contributed by atoms with van der Waals surface area (Å²) >= 11 is 0. The lowest BCUT2D eigenvalue weighted by atomic mass is 10.1. The summed E-state index contributed by atoms with van der Waals surface area (Å²) in [5.41, 5.74) is 3.23. The van der Waals surface area contributed by atoms with Gasteiger partial charge in [0.05, 0.1) is 26.0 Å². The summed E-state index contributed by atoms with van der Waals surface area (Å²) in [6.07, 6.45) is -0.156. The van der Waals surface area contributed by atoms with Crippen molar-refractivity contribution in [3.63, 3.8) is 0 Å². The number of carbonyl (C=O) groups is 1. The molecule has 7 nitrogen and oxygen atoms in total. The van der Waals surface area contributed by atoms with Crippen LogP contribution >= 0.6 is 0 Å². The number of hydrogen-bond acceptors (Lipinski definition) is 5. The van der Waals surface area contributed by atoms with Crippen molar-refractivity contribution < 1.29 is 14.3 Å². The number of benzene rings is 2. The topological polar surface area (TPSA) is 77.4 Å². The second-order valence-electron chi connectivity index (χ2n) is 6.74. The number of methoxy groups -OCH3 is 1. The first kappa shape index (κ1) is 19.0. The third kappa shape index (κ3) is 3.95. The Morgan fingerprint density at radius 2 is 2.07 bits per heavy atom. The van der Waals surface area contributed by atoms with Crippen LogP contribution in [0.15, 0.2) is 54.6 Å². The summed E-state index contributed by atoms with van der Waals surface area (Å²) in [7, 11) is 1.63. The van der Waals surface area contributed by atoms with Gasteiger partial charge in [-0.25, -0.2) is 4.68 Å². The molecule has 0 bridgehead atoms. The number of nitrogens with zero attached hydrogens (tertiary/aromatic N) is 2. The lowest BCUT2D eigenvalue weighted by molar-refractivity contribution is 0.0900. The summed E-state index contributed by atoms with van der Waals surface area (Å²) in [6.45, 7) is 3.65. The minimum Gasteiger partial charge on any atom is -0.497 e. The van der Waals surface area contributed by atoms with Gasteiger partial charge in [0, 0.05) is 17.7 Å². The molecule has 1 aromatic heterocycles. The summed E-state index contributed by atoms with van der Waals surface area (Å²) in [4.78, 5) is 12.4. The van der Waals surface area contributed by atoms with E-state index in [1.165, 1.54) is 0 Å². The minimum absolute atomic E-state index is 0.126. The van der Waals surface area contributed by atoms with Gasteiger partial charge in [-0.05, 0) is 31.2 Å². The van der Waals surface area contributed by atoms with Crippen LogP contribution in [-0.4, -0.2) is 35.9 Å². The third-order valence-corrected chi connectivity index (χ3v) is 4.89. The molecule has 2 N–H and O–H groups in total. The fourth-order valence-corrected chi connectivity index (χ4v) is 3.42. The SMILES string of the molecule is CCOc1ccccc1CN[C@@H]1CNC(=O)c2cc(-c3cccc(OC)c3)nn21. The van der Waals surface area contributed by atoms with Gasteiger partial charge in [0.25, 0.3) is 5.91 Å². The number of amides is 1. The predicted octanol–water partition coefficient (Wildman–Crippen LogP) is 2.99. The van der Waals surface area contributed by atoms with E-state index in [1.54, 1.807) is 11.8 Å². The number of nitrogens with one attached hydrogen (secondary N) is 2. The highest BCUT2D eigenvalue weighted by atomic mass is 16.5. The van der Waals surface area contributed by atoms with E-state index in [0.29, 0.717) is 25.4 Å². The van der Waals surface area contributed by atoms with Crippen LogP contribution in [0.1, 0.15) is 29.1 Å². The first-order chi connectivity index (χ1) is 14.2. The maximum Gasteiger partial charge on any atom is 0.269 e. The number of para-hydroxylation sites is 1. The van der Waals surface area contributed by atoms with Gasteiger partial charge in [0.15, 0.2) is 0 Å². The van der Waals surface area contributed by atoms with Crippen LogP contribution in [-0.2, 0) is 6.54 Å². The van der Waals surface area contributed by atoms with Crippen LogP contribution in [0.2, 0.25) is 0 Å². The molecule has 0 radical (unpaired) electrons. The molecule has 1 aliphatic rings. The highest BCUT2D eigenvalue weighted by Crippen LogP contribution is 2.26. The second kappa shape index (κ2) is 8.36. The Balaban J connectivity index is 1.58. The van der Waals surface area contributed by atoms with Gasteiger partial charge in [-0.15, -0.1) is 0 Å². The Hall–Kier alpha value is -3.32. The summed E-state index contributed by atoms with van der Waals surface area (Å²) in [5.74, 6) is 1.49. The molecule has 2 heterocycles. The lowest BCUT2D eigenvalue weighted by Crippen LogP contribution is -2.45. The van der Waals surface area contributed by atoms with Crippen LogP contribution in [0.25, 0.3) is 11.3 Å². The van der Waals surface area contributed by atoms with E-state index < -0.39 is 0 Å². The molecule has 1 atom stereocenters. The predicted molar refractivity (Wildman–Crippen MR) is 110 cm³/mol. The fourth-order valence-electron chi connectivity index (χ4n) is 3.42. The standard InChI is InChI=1S/C22H24N4O3/c1-3-29-20-10-5-4-7-16(20)13-23-21-14-24-22(27)19-12-18(25-26(19)21)15-8-6-9-17(11-15)28-2/h4-12,21,23H,3,13-14H2,1-2H3,(H,24,27)/t21-/m0/s1. The molecule has 0 aliphatic carbocycles. The van der Waals surface area contributed by atoms with E-state index in [4.69, 9.17) is 14.6 Å². The average molecular weight is 392 g/mol. The molecule has 1 aliphatic heterocycles. The molecule has 1 amide bonds. The number of carbonyl (C=O) groups excluding carboxylic acids is 1. The van der Waals surface area contributed by atoms with Crippen LogP contribution in [0.4, 0.5) is 0 Å². The van der Waals surface area contributed by atoms with Gasteiger partial charge < -0.3 is 14.8 Å². The van der Waals surface area contributed by atoms with Gasteiger partial charge in [-0.1, -0.05) is 30.3 Å². The average Bonchev–Trinajstić information content (AvgIpc) is 3.21. The van der Waals surface area contributed by atoms with Gasteiger partial charge in [-0.3, -0.25) is 10.1 Å². The van der Waals surface area contributed by atoms with Crippen LogP contribution in [0, 0.1) is 0 Å². The maximum absolute atomic E-state index is 12.4. The van der Waals surface area contributed by atoms with Crippen molar-refractivity contribution in [1.82, 2.24) is 20.4 Å². The second-order valence-corrected chi connectivity index (χ2v) is 6.74. The Morgan fingerprint density at radius 3 is 2.90 bits per heavy atom. The van der Waals surface area contributed by atoms with E-state index in [-0.39, 0.29) is 12.1 Å². The molecule has 0 fully saturated rings. The lowest BCUT2D eigenvalue weighted by Gasteiger charge is -2.26. The molecule has 7 heteroatoms. The Morgan fingerprint density at radius 1 is 1.21 bits per heavy atom.